The largest absolute Gasteiger partial charge is 0.359 e. The van der Waals surface area contributed by atoms with E-state index in [9.17, 15) is 0 Å². The Kier molecular flexibility index (Phi) is 6.41. The third kappa shape index (κ3) is 6.08. The Morgan fingerprint density at radius 2 is 1.90 bits per heavy atom. The zero-order valence-corrected chi connectivity index (χ0v) is 13.3. The van der Waals surface area contributed by atoms with Gasteiger partial charge in [0.25, 0.3) is 0 Å². The molecule has 0 amide bonds. The van der Waals surface area contributed by atoms with Gasteiger partial charge in [0.2, 0.25) is 0 Å². The number of nitrogens with zero attached hydrogens (tertiary/aromatic N) is 1. The molecule has 4 heteroatoms. The minimum atomic E-state index is 0.509. The molecule has 112 valence electrons. The first-order valence-electron chi connectivity index (χ1n) is 7.57. The van der Waals surface area contributed by atoms with Gasteiger partial charge in [0.15, 0.2) is 5.11 Å². The predicted octanol–water partition coefficient (Wildman–Crippen LogP) is 3.87. The number of nitrogens with one attached hydrogen (secondary N) is 2. The van der Waals surface area contributed by atoms with Crippen LogP contribution in [0.25, 0.3) is 6.08 Å². The fourth-order valence-corrected chi connectivity index (χ4v) is 2.73. The Labute approximate surface area is 132 Å². The maximum Gasteiger partial charge on any atom is 0.187 e. The Morgan fingerprint density at radius 1 is 1.19 bits per heavy atom. The smallest absolute Gasteiger partial charge is 0.187 e. The first kappa shape index (κ1) is 15.7. The van der Waals surface area contributed by atoms with Gasteiger partial charge >= 0.3 is 0 Å². The van der Waals surface area contributed by atoms with E-state index in [2.05, 4.69) is 34.1 Å². The molecule has 0 saturated heterocycles. The molecule has 3 nitrogen and oxygen atoms in total. The van der Waals surface area contributed by atoms with Crippen molar-refractivity contribution in [2.45, 2.75) is 45.1 Å². The average Bonchev–Trinajstić information content (AvgIpc) is 2.49. The molecule has 2 N–H and O–H groups in total. The minimum absolute atomic E-state index is 0.509. The van der Waals surface area contributed by atoms with Crippen LogP contribution in [0.3, 0.4) is 0 Å². The van der Waals surface area contributed by atoms with E-state index in [1.807, 2.05) is 25.1 Å². The number of rotatable bonds is 4. The molecule has 0 heterocycles. The normalized spacial score (nSPS) is 16.9. The van der Waals surface area contributed by atoms with Crippen molar-refractivity contribution in [2.24, 2.45) is 5.10 Å². The molecule has 0 spiro atoms. The van der Waals surface area contributed by atoms with Crippen LogP contribution >= 0.6 is 12.2 Å². The van der Waals surface area contributed by atoms with Crippen LogP contribution < -0.4 is 10.7 Å². The maximum absolute atomic E-state index is 5.26. The number of hydrogen-bond acceptors (Lipinski definition) is 2. The topological polar surface area (TPSA) is 36.4 Å². The SMILES string of the molecule is CC(/C=N\NC(=S)NC1CCCCC1)=C/c1ccccc1. The zero-order valence-electron chi connectivity index (χ0n) is 12.5. The molecule has 0 aromatic heterocycles. The van der Waals surface area contributed by atoms with Crippen molar-refractivity contribution in [2.75, 3.05) is 0 Å². The molecule has 1 aromatic carbocycles. The second-order valence-corrected chi connectivity index (χ2v) is 5.89. The lowest BCUT2D eigenvalue weighted by Gasteiger charge is -2.23. The molecule has 1 fully saturated rings. The Balaban J connectivity index is 1.76. The lowest BCUT2D eigenvalue weighted by molar-refractivity contribution is 0.412. The number of allylic oxidation sites excluding steroid dienone is 1. The molecule has 0 atom stereocenters. The summed E-state index contributed by atoms with van der Waals surface area (Å²) in [5.74, 6) is 0. The molecule has 0 bridgehead atoms. The van der Waals surface area contributed by atoms with E-state index in [4.69, 9.17) is 12.2 Å². The molecule has 21 heavy (non-hydrogen) atoms. The first-order chi connectivity index (χ1) is 10.2. The van der Waals surface area contributed by atoms with Crippen molar-refractivity contribution < 1.29 is 0 Å². The predicted molar refractivity (Wildman–Crippen MR) is 94.3 cm³/mol. The molecular weight excluding hydrogens is 278 g/mol. The van der Waals surface area contributed by atoms with Crippen LogP contribution in [0.2, 0.25) is 0 Å². The van der Waals surface area contributed by atoms with Crippen molar-refractivity contribution >= 4 is 29.6 Å². The Hall–Kier alpha value is -1.68. The molecule has 1 aliphatic rings. The second kappa shape index (κ2) is 8.57. The van der Waals surface area contributed by atoms with Crippen molar-refractivity contribution in [1.82, 2.24) is 10.7 Å². The molecule has 0 unspecified atom stereocenters. The van der Waals surface area contributed by atoms with E-state index in [1.165, 1.54) is 37.7 Å². The van der Waals surface area contributed by atoms with Gasteiger partial charge in [-0.3, -0.25) is 5.43 Å². The lowest BCUT2D eigenvalue weighted by atomic mass is 9.96. The van der Waals surface area contributed by atoms with Crippen LogP contribution in [0.5, 0.6) is 0 Å². The highest BCUT2D eigenvalue weighted by molar-refractivity contribution is 7.80. The number of hydrogen-bond donors (Lipinski definition) is 2. The standard InChI is InChI=1S/C17H23N3S/c1-14(12-15-8-4-2-5-9-15)13-18-20-17(21)19-16-10-6-3-7-11-16/h2,4-5,8-9,12-13,16H,3,6-7,10-11H2,1H3,(H2,19,20,21)/b14-12-,18-13-. The Bertz CT molecular complexity index is 502. The monoisotopic (exact) mass is 301 g/mol. The Morgan fingerprint density at radius 3 is 2.62 bits per heavy atom. The highest BCUT2D eigenvalue weighted by Gasteiger charge is 2.13. The molecular formula is C17H23N3S. The molecule has 1 aromatic rings. The van der Waals surface area contributed by atoms with Gasteiger partial charge in [-0.25, -0.2) is 0 Å². The quantitative estimate of drug-likeness (QED) is 0.503. The van der Waals surface area contributed by atoms with Gasteiger partial charge in [-0.2, -0.15) is 5.10 Å². The van der Waals surface area contributed by atoms with E-state index in [-0.39, 0.29) is 0 Å². The van der Waals surface area contributed by atoms with Gasteiger partial charge in [-0.15, -0.1) is 0 Å². The lowest BCUT2D eigenvalue weighted by Crippen LogP contribution is -2.40. The highest BCUT2D eigenvalue weighted by Crippen LogP contribution is 2.17. The van der Waals surface area contributed by atoms with Crippen LogP contribution in [0.1, 0.15) is 44.6 Å². The average molecular weight is 301 g/mol. The fourth-order valence-electron chi connectivity index (χ4n) is 2.51. The summed E-state index contributed by atoms with van der Waals surface area (Å²) in [6, 6.07) is 10.7. The zero-order chi connectivity index (χ0) is 14.9. The van der Waals surface area contributed by atoms with Crippen LogP contribution in [0, 0.1) is 0 Å². The first-order valence-corrected chi connectivity index (χ1v) is 7.98. The summed E-state index contributed by atoms with van der Waals surface area (Å²) in [5, 5.41) is 8.13. The third-order valence-electron chi connectivity index (χ3n) is 3.57. The van der Waals surface area contributed by atoms with Gasteiger partial charge in [0.05, 0.1) is 6.21 Å². The van der Waals surface area contributed by atoms with Crippen molar-refractivity contribution in [3.8, 4) is 0 Å². The molecule has 0 radical (unpaired) electrons. The van der Waals surface area contributed by atoms with Gasteiger partial charge in [0, 0.05) is 6.04 Å². The fraction of sp³-hybridized carbons (Fsp3) is 0.412. The van der Waals surface area contributed by atoms with E-state index in [0.717, 1.165) is 5.57 Å². The highest BCUT2D eigenvalue weighted by atomic mass is 32.1. The van der Waals surface area contributed by atoms with Crippen molar-refractivity contribution in [3.05, 3.63) is 41.5 Å². The summed E-state index contributed by atoms with van der Waals surface area (Å²) in [4.78, 5) is 0. The van der Waals surface area contributed by atoms with E-state index in [1.54, 1.807) is 6.21 Å². The van der Waals surface area contributed by atoms with Crippen LogP contribution in [0.15, 0.2) is 41.0 Å². The van der Waals surface area contributed by atoms with Gasteiger partial charge < -0.3 is 5.32 Å². The summed E-state index contributed by atoms with van der Waals surface area (Å²) in [7, 11) is 0. The number of benzene rings is 1. The van der Waals surface area contributed by atoms with Crippen molar-refractivity contribution in [1.29, 1.82) is 0 Å². The molecule has 1 saturated carbocycles. The summed E-state index contributed by atoms with van der Waals surface area (Å²) >= 11 is 5.26. The number of hydrazone groups is 1. The van der Waals surface area contributed by atoms with Crippen LogP contribution in [-0.2, 0) is 0 Å². The number of thiocarbonyl (C=S) groups is 1. The summed E-state index contributed by atoms with van der Waals surface area (Å²) in [6.45, 7) is 2.02. The van der Waals surface area contributed by atoms with Gasteiger partial charge in [-0.1, -0.05) is 55.7 Å². The van der Waals surface area contributed by atoms with Crippen molar-refractivity contribution in [3.63, 3.8) is 0 Å². The van der Waals surface area contributed by atoms with Crippen LogP contribution in [0.4, 0.5) is 0 Å². The molecule has 1 aliphatic carbocycles. The maximum atomic E-state index is 5.26. The van der Waals surface area contributed by atoms with E-state index < -0.39 is 0 Å². The minimum Gasteiger partial charge on any atom is -0.359 e. The van der Waals surface area contributed by atoms with E-state index >= 15 is 0 Å². The van der Waals surface area contributed by atoms with E-state index in [0.29, 0.717) is 11.2 Å². The van der Waals surface area contributed by atoms with Crippen LogP contribution in [-0.4, -0.2) is 17.4 Å². The van der Waals surface area contributed by atoms with Gasteiger partial charge in [0.1, 0.15) is 0 Å². The summed E-state index contributed by atoms with van der Waals surface area (Å²) in [6.07, 6.45) is 10.2. The summed E-state index contributed by atoms with van der Waals surface area (Å²) in [5.41, 5.74) is 5.14. The third-order valence-corrected chi connectivity index (χ3v) is 3.78. The second-order valence-electron chi connectivity index (χ2n) is 5.48. The van der Waals surface area contributed by atoms with Gasteiger partial charge in [-0.05, 0) is 43.1 Å². The molecule has 2 rings (SSSR count). The summed E-state index contributed by atoms with van der Waals surface area (Å²) < 4.78 is 0. The molecule has 0 aliphatic heterocycles.